The largest absolute Gasteiger partial charge is 0.462 e. The van der Waals surface area contributed by atoms with Gasteiger partial charge in [0.1, 0.15) is 13.2 Å². The number of ether oxygens (including phenoxy) is 3. The van der Waals surface area contributed by atoms with Gasteiger partial charge < -0.3 is 14.2 Å². The molecule has 0 heterocycles. The van der Waals surface area contributed by atoms with Gasteiger partial charge in [-0.05, 0) is 70.6 Å². The van der Waals surface area contributed by atoms with Crippen LogP contribution in [0.25, 0.3) is 0 Å². The van der Waals surface area contributed by atoms with E-state index in [2.05, 4.69) is 69.4 Å². The summed E-state index contributed by atoms with van der Waals surface area (Å²) in [7, 11) is 0. The molecule has 0 saturated carbocycles. The number of rotatable bonds is 47. The molecule has 0 aliphatic rings. The highest BCUT2D eigenvalue weighted by Gasteiger charge is 2.19. The van der Waals surface area contributed by atoms with Gasteiger partial charge in [-0.2, -0.15) is 0 Å². The monoisotopic (exact) mass is 855 g/mol. The Morgan fingerprint density at radius 2 is 0.689 bits per heavy atom. The van der Waals surface area contributed by atoms with E-state index in [0.717, 1.165) is 96.3 Å². The Bertz CT molecular complexity index is 1070. The third-order valence-corrected chi connectivity index (χ3v) is 11.3. The van der Waals surface area contributed by atoms with Crippen molar-refractivity contribution in [2.75, 3.05) is 13.2 Å². The van der Waals surface area contributed by atoms with Gasteiger partial charge in [0, 0.05) is 19.3 Å². The molecular weight excluding hydrogens is 757 g/mol. The Morgan fingerprint density at radius 1 is 0.361 bits per heavy atom. The van der Waals surface area contributed by atoms with Crippen molar-refractivity contribution in [3.05, 3.63) is 48.6 Å². The molecule has 0 N–H and O–H groups in total. The van der Waals surface area contributed by atoms with Gasteiger partial charge in [-0.25, -0.2) is 0 Å². The van der Waals surface area contributed by atoms with Gasteiger partial charge in [0.15, 0.2) is 6.10 Å². The van der Waals surface area contributed by atoms with Crippen LogP contribution in [0, 0.1) is 0 Å². The fourth-order valence-electron chi connectivity index (χ4n) is 7.41. The average molecular weight is 855 g/mol. The van der Waals surface area contributed by atoms with Gasteiger partial charge in [-0.1, -0.05) is 223 Å². The van der Waals surface area contributed by atoms with Gasteiger partial charge in [0.2, 0.25) is 0 Å². The first-order valence-electron chi connectivity index (χ1n) is 26.2. The molecule has 0 aliphatic heterocycles. The SMILES string of the molecule is CC/C=C\C/C=C\CCCCCCCC(=O)OCC(COC(=O)CCCCCCCCCCCCCCCCCC)OC(=O)CCCCCCCC/C=C\C=C/CCCCC. The number of carbonyl (C=O) groups excluding carboxylic acids is 3. The van der Waals surface area contributed by atoms with Crippen LogP contribution in [0.3, 0.4) is 0 Å². The molecule has 61 heavy (non-hydrogen) atoms. The molecule has 354 valence electrons. The predicted octanol–water partition coefficient (Wildman–Crippen LogP) is 17.1. The third kappa shape index (κ3) is 48.3. The summed E-state index contributed by atoms with van der Waals surface area (Å²) >= 11 is 0. The topological polar surface area (TPSA) is 78.9 Å². The smallest absolute Gasteiger partial charge is 0.306 e. The molecule has 6 nitrogen and oxygen atoms in total. The third-order valence-electron chi connectivity index (χ3n) is 11.3. The molecule has 6 heteroatoms. The van der Waals surface area contributed by atoms with Crippen molar-refractivity contribution in [3.8, 4) is 0 Å². The van der Waals surface area contributed by atoms with Crippen LogP contribution in [0.1, 0.15) is 265 Å². The first-order valence-corrected chi connectivity index (χ1v) is 26.2. The van der Waals surface area contributed by atoms with Crippen LogP contribution in [-0.2, 0) is 28.6 Å². The van der Waals surface area contributed by atoms with Crippen LogP contribution in [0.4, 0.5) is 0 Å². The molecule has 0 aromatic rings. The lowest BCUT2D eigenvalue weighted by Crippen LogP contribution is -2.30. The second-order valence-electron chi connectivity index (χ2n) is 17.4. The molecule has 0 bridgehead atoms. The molecule has 0 spiro atoms. The van der Waals surface area contributed by atoms with Crippen LogP contribution >= 0.6 is 0 Å². The van der Waals surface area contributed by atoms with Crippen molar-refractivity contribution in [2.45, 2.75) is 271 Å². The molecule has 0 aromatic carbocycles. The highest BCUT2D eigenvalue weighted by Crippen LogP contribution is 2.16. The number of esters is 3. The first-order chi connectivity index (χ1) is 30.0. The summed E-state index contributed by atoms with van der Waals surface area (Å²) in [6.45, 7) is 6.50. The van der Waals surface area contributed by atoms with E-state index >= 15 is 0 Å². The van der Waals surface area contributed by atoms with Crippen molar-refractivity contribution in [2.24, 2.45) is 0 Å². The van der Waals surface area contributed by atoms with Crippen LogP contribution < -0.4 is 0 Å². The van der Waals surface area contributed by atoms with E-state index in [0.29, 0.717) is 19.3 Å². The summed E-state index contributed by atoms with van der Waals surface area (Å²) in [4.78, 5) is 38.0. The molecule has 1 unspecified atom stereocenters. The molecular formula is C55H98O6. The van der Waals surface area contributed by atoms with Crippen molar-refractivity contribution in [1.82, 2.24) is 0 Å². The second-order valence-corrected chi connectivity index (χ2v) is 17.4. The maximum Gasteiger partial charge on any atom is 0.306 e. The van der Waals surface area contributed by atoms with Gasteiger partial charge >= 0.3 is 17.9 Å². The van der Waals surface area contributed by atoms with Crippen molar-refractivity contribution < 1.29 is 28.6 Å². The zero-order valence-electron chi connectivity index (χ0n) is 40.4. The van der Waals surface area contributed by atoms with E-state index in [1.165, 1.54) is 128 Å². The number of hydrogen-bond acceptors (Lipinski definition) is 6. The maximum atomic E-state index is 12.8. The average Bonchev–Trinajstić information content (AvgIpc) is 3.26. The Hall–Kier alpha value is -2.63. The summed E-state index contributed by atoms with van der Waals surface area (Å²) in [5.74, 6) is -0.899. The van der Waals surface area contributed by atoms with E-state index < -0.39 is 6.10 Å². The lowest BCUT2D eigenvalue weighted by molar-refractivity contribution is -0.167. The highest BCUT2D eigenvalue weighted by molar-refractivity contribution is 5.71. The summed E-state index contributed by atoms with van der Waals surface area (Å²) < 4.78 is 16.8. The second kappa shape index (κ2) is 50.0. The van der Waals surface area contributed by atoms with E-state index in [4.69, 9.17) is 14.2 Å². The summed E-state index contributed by atoms with van der Waals surface area (Å²) in [6, 6.07) is 0. The van der Waals surface area contributed by atoms with Crippen molar-refractivity contribution >= 4 is 17.9 Å². The summed E-state index contributed by atoms with van der Waals surface area (Å²) in [5, 5.41) is 0. The van der Waals surface area contributed by atoms with Crippen molar-refractivity contribution in [3.63, 3.8) is 0 Å². The molecule has 0 fully saturated rings. The fraction of sp³-hybridized carbons (Fsp3) is 0.800. The van der Waals surface area contributed by atoms with E-state index in [-0.39, 0.29) is 31.1 Å². The van der Waals surface area contributed by atoms with Gasteiger partial charge in [0.05, 0.1) is 0 Å². The molecule has 0 radical (unpaired) electrons. The zero-order valence-corrected chi connectivity index (χ0v) is 40.4. The molecule has 0 rings (SSSR count). The minimum atomic E-state index is -0.782. The Labute approximate surface area is 378 Å². The standard InChI is InChI=1S/C55H98O6/c1-4-7-10-13-16-19-22-25-27-29-30-33-36-39-42-45-48-54(57)60-51-52(50-59-53(56)47-44-41-38-35-32-24-21-18-15-12-9-6-3)61-55(58)49-46-43-40-37-34-31-28-26-23-20-17-14-11-8-5-2/h9,12,17-18,20-21,23,26,52H,4-8,10-11,13-16,19,22,24-25,27-51H2,1-3H3/b12-9-,20-17-,21-18-,26-23-. The fourth-order valence-corrected chi connectivity index (χ4v) is 7.41. The van der Waals surface area contributed by atoms with E-state index in [1.807, 2.05) is 0 Å². The summed E-state index contributed by atoms with van der Waals surface area (Å²) in [6.07, 6.45) is 59.5. The van der Waals surface area contributed by atoms with Gasteiger partial charge in [0.25, 0.3) is 0 Å². The first kappa shape index (κ1) is 58.4. The van der Waals surface area contributed by atoms with Crippen LogP contribution in [-0.4, -0.2) is 37.2 Å². The summed E-state index contributed by atoms with van der Waals surface area (Å²) in [5.41, 5.74) is 0. The normalized spacial score (nSPS) is 12.4. The van der Waals surface area contributed by atoms with Crippen LogP contribution in [0.2, 0.25) is 0 Å². The number of unbranched alkanes of at least 4 members (excludes halogenated alkanes) is 29. The Balaban J connectivity index is 4.37. The predicted molar refractivity (Wildman–Crippen MR) is 261 cm³/mol. The van der Waals surface area contributed by atoms with Crippen molar-refractivity contribution in [1.29, 1.82) is 0 Å². The number of carbonyl (C=O) groups is 3. The molecule has 0 amide bonds. The van der Waals surface area contributed by atoms with E-state index in [1.54, 1.807) is 0 Å². The molecule has 0 aromatic heterocycles. The zero-order chi connectivity index (χ0) is 44.4. The molecule has 0 saturated heterocycles. The lowest BCUT2D eigenvalue weighted by atomic mass is 10.0. The Morgan fingerprint density at radius 3 is 1.11 bits per heavy atom. The molecule has 0 aliphatic carbocycles. The van der Waals surface area contributed by atoms with Gasteiger partial charge in [-0.3, -0.25) is 14.4 Å². The van der Waals surface area contributed by atoms with Gasteiger partial charge in [-0.15, -0.1) is 0 Å². The highest BCUT2D eigenvalue weighted by atomic mass is 16.6. The minimum Gasteiger partial charge on any atom is -0.462 e. The minimum absolute atomic E-state index is 0.0802. The number of hydrogen-bond donors (Lipinski definition) is 0. The van der Waals surface area contributed by atoms with E-state index in [9.17, 15) is 14.4 Å². The lowest BCUT2D eigenvalue weighted by Gasteiger charge is -2.18. The van der Waals surface area contributed by atoms with Crippen LogP contribution in [0.5, 0.6) is 0 Å². The molecule has 1 atom stereocenters. The Kier molecular flexibility index (Phi) is 47.9. The quantitative estimate of drug-likeness (QED) is 0.0199. The van der Waals surface area contributed by atoms with Crippen LogP contribution in [0.15, 0.2) is 48.6 Å². The maximum absolute atomic E-state index is 12.8. The number of allylic oxidation sites excluding steroid dienone is 8.